The quantitative estimate of drug-likeness (QED) is 0.618. The molecular weight excluding hydrogens is 347 g/mol. The minimum Gasteiger partial charge on any atom is -0.396 e. The second kappa shape index (κ2) is 10.4. The fourth-order valence-electron chi connectivity index (χ4n) is 3.69. The minimum absolute atomic E-state index is 0.0205. The van der Waals surface area contributed by atoms with Crippen LogP contribution in [0.25, 0.3) is 0 Å². The average molecular weight is 378 g/mol. The summed E-state index contributed by atoms with van der Waals surface area (Å²) in [7, 11) is 0. The lowest BCUT2D eigenvalue weighted by atomic mass is 9.93. The first kappa shape index (κ1) is 21.4. The number of aliphatic hydroxyl groups is 1. The number of amides is 2. The van der Waals surface area contributed by atoms with Gasteiger partial charge >= 0.3 is 0 Å². The van der Waals surface area contributed by atoms with Crippen molar-refractivity contribution in [1.82, 2.24) is 10.6 Å². The van der Waals surface area contributed by atoms with Crippen molar-refractivity contribution in [1.29, 1.82) is 0 Å². The summed E-state index contributed by atoms with van der Waals surface area (Å²) in [6.45, 7) is 4.07. The lowest BCUT2D eigenvalue weighted by Crippen LogP contribution is -2.50. The SMILES string of the molecule is CC(C)C(NC(=O)c1ccccc1F)C(=O)NCC(CO)CC1CCCC1. The maximum absolute atomic E-state index is 13.8. The van der Waals surface area contributed by atoms with Crippen molar-refractivity contribution in [3.8, 4) is 0 Å². The van der Waals surface area contributed by atoms with E-state index in [0.29, 0.717) is 12.5 Å². The van der Waals surface area contributed by atoms with Crippen LogP contribution in [0.5, 0.6) is 0 Å². The number of carbonyl (C=O) groups is 2. The predicted octanol–water partition coefficient (Wildman–Crippen LogP) is 2.89. The Hall–Kier alpha value is -1.95. The molecule has 150 valence electrons. The van der Waals surface area contributed by atoms with Crippen LogP contribution in [-0.2, 0) is 4.79 Å². The molecule has 6 heteroatoms. The largest absolute Gasteiger partial charge is 0.396 e. The van der Waals surface area contributed by atoms with Gasteiger partial charge in [-0.05, 0) is 36.3 Å². The van der Waals surface area contributed by atoms with Gasteiger partial charge in [0.2, 0.25) is 5.91 Å². The van der Waals surface area contributed by atoms with Crippen LogP contribution in [-0.4, -0.2) is 36.1 Å². The Balaban J connectivity index is 1.91. The smallest absolute Gasteiger partial charge is 0.254 e. The van der Waals surface area contributed by atoms with E-state index in [2.05, 4.69) is 10.6 Å². The number of hydrogen-bond acceptors (Lipinski definition) is 3. The number of carbonyl (C=O) groups excluding carboxylic acids is 2. The number of benzene rings is 1. The number of halogens is 1. The predicted molar refractivity (Wildman–Crippen MR) is 103 cm³/mol. The molecule has 2 unspecified atom stereocenters. The van der Waals surface area contributed by atoms with E-state index in [4.69, 9.17) is 0 Å². The van der Waals surface area contributed by atoms with E-state index >= 15 is 0 Å². The summed E-state index contributed by atoms with van der Waals surface area (Å²) in [5.41, 5.74) is -0.0783. The summed E-state index contributed by atoms with van der Waals surface area (Å²) in [5, 5.41) is 15.1. The normalized spacial score (nSPS) is 16.9. The Morgan fingerprint density at radius 2 is 1.89 bits per heavy atom. The summed E-state index contributed by atoms with van der Waals surface area (Å²) in [6.07, 6.45) is 5.78. The Morgan fingerprint density at radius 1 is 1.22 bits per heavy atom. The molecule has 5 nitrogen and oxygen atoms in total. The highest BCUT2D eigenvalue weighted by atomic mass is 19.1. The first-order valence-electron chi connectivity index (χ1n) is 9.86. The van der Waals surface area contributed by atoms with Crippen LogP contribution in [0.3, 0.4) is 0 Å². The third-order valence-electron chi connectivity index (χ3n) is 5.32. The van der Waals surface area contributed by atoms with Crippen molar-refractivity contribution in [2.45, 2.75) is 52.0 Å². The van der Waals surface area contributed by atoms with Gasteiger partial charge in [-0.25, -0.2) is 4.39 Å². The Kier molecular flexibility index (Phi) is 8.23. The molecule has 1 aliphatic carbocycles. The van der Waals surface area contributed by atoms with Crippen molar-refractivity contribution >= 4 is 11.8 Å². The lowest BCUT2D eigenvalue weighted by molar-refractivity contribution is -0.124. The van der Waals surface area contributed by atoms with E-state index in [1.54, 1.807) is 6.07 Å². The van der Waals surface area contributed by atoms with Gasteiger partial charge in [-0.1, -0.05) is 51.7 Å². The average Bonchev–Trinajstić information content (AvgIpc) is 3.15. The van der Waals surface area contributed by atoms with E-state index in [9.17, 15) is 19.1 Å². The highest BCUT2D eigenvalue weighted by molar-refractivity contribution is 5.97. The number of nitrogens with one attached hydrogen (secondary N) is 2. The van der Waals surface area contributed by atoms with Gasteiger partial charge in [0.05, 0.1) is 5.56 Å². The van der Waals surface area contributed by atoms with Crippen LogP contribution in [0.1, 0.15) is 56.3 Å². The molecule has 2 rings (SSSR count). The van der Waals surface area contributed by atoms with E-state index in [1.807, 2.05) is 13.8 Å². The molecule has 0 heterocycles. The first-order valence-corrected chi connectivity index (χ1v) is 9.86. The van der Waals surface area contributed by atoms with Crippen molar-refractivity contribution in [2.75, 3.05) is 13.2 Å². The molecule has 1 aromatic carbocycles. The molecule has 1 aromatic rings. The van der Waals surface area contributed by atoms with Gasteiger partial charge < -0.3 is 15.7 Å². The zero-order chi connectivity index (χ0) is 19.8. The van der Waals surface area contributed by atoms with Crippen molar-refractivity contribution < 1.29 is 19.1 Å². The second-order valence-corrected chi connectivity index (χ2v) is 7.85. The standard InChI is InChI=1S/C21H31FN2O3/c1-14(2)19(24-20(26)17-9-5-6-10-18(17)22)21(27)23-12-16(13-25)11-15-7-3-4-8-15/h5-6,9-10,14-16,19,25H,3-4,7-8,11-13H2,1-2H3,(H,23,27)(H,24,26). The van der Waals surface area contributed by atoms with Gasteiger partial charge in [0, 0.05) is 13.2 Å². The van der Waals surface area contributed by atoms with E-state index in [1.165, 1.54) is 43.9 Å². The highest BCUT2D eigenvalue weighted by Crippen LogP contribution is 2.30. The number of hydrogen-bond donors (Lipinski definition) is 3. The first-order chi connectivity index (χ1) is 12.9. The van der Waals surface area contributed by atoms with Crippen molar-refractivity contribution in [3.63, 3.8) is 0 Å². The second-order valence-electron chi connectivity index (χ2n) is 7.85. The van der Waals surface area contributed by atoms with Gasteiger partial charge in [-0.2, -0.15) is 0 Å². The Labute approximate surface area is 160 Å². The molecule has 0 aromatic heterocycles. The molecule has 3 N–H and O–H groups in total. The van der Waals surface area contributed by atoms with Gasteiger partial charge in [0.25, 0.3) is 5.91 Å². The molecule has 0 aliphatic heterocycles. The molecule has 27 heavy (non-hydrogen) atoms. The van der Waals surface area contributed by atoms with Crippen LogP contribution in [0, 0.1) is 23.6 Å². The molecular formula is C21H31FN2O3. The van der Waals surface area contributed by atoms with Crippen molar-refractivity contribution in [2.24, 2.45) is 17.8 Å². The highest BCUT2D eigenvalue weighted by Gasteiger charge is 2.27. The molecule has 0 bridgehead atoms. The third-order valence-corrected chi connectivity index (χ3v) is 5.32. The molecule has 2 amide bonds. The molecule has 0 spiro atoms. The number of rotatable bonds is 9. The lowest BCUT2D eigenvalue weighted by Gasteiger charge is -2.24. The Bertz CT molecular complexity index is 630. The van der Waals surface area contributed by atoms with E-state index in [0.717, 1.165) is 6.42 Å². The third kappa shape index (κ3) is 6.31. The van der Waals surface area contributed by atoms with Gasteiger partial charge in [-0.15, -0.1) is 0 Å². The van der Waals surface area contributed by atoms with Gasteiger partial charge in [0.15, 0.2) is 0 Å². The van der Waals surface area contributed by atoms with Crippen molar-refractivity contribution in [3.05, 3.63) is 35.6 Å². The van der Waals surface area contributed by atoms with E-state index < -0.39 is 17.8 Å². The summed E-state index contributed by atoms with van der Waals surface area (Å²) in [5.74, 6) is -1.03. The molecule has 1 aliphatic rings. The zero-order valence-corrected chi connectivity index (χ0v) is 16.2. The summed E-state index contributed by atoms with van der Waals surface area (Å²) in [4.78, 5) is 24.9. The van der Waals surface area contributed by atoms with Gasteiger partial charge in [0.1, 0.15) is 11.9 Å². The molecule has 0 radical (unpaired) electrons. The molecule has 1 fully saturated rings. The zero-order valence-electron chi connectivity index (χ0n) is 16.2. The van der Waals surface area contributed by atoms with Crippen LogP contribution in [0.2, 0.25) is 0 Å². The maximum atomic E-state index is 13.8. The van der Waals surface area contributed by atoms with Crippen LogP contribution < -0.4 is 10.6 Å². The van der Waals surface area contributed by atoms with Crippen LogP contribution >= 0.6 is 0 Å². The maximum Gasteiger partial charge on any atom is 0.254 e. The molecule has 2 atom stereocenters. The monoisotopic (exact) mass is 378 g/mol. The molecule has 0 saturated heterocycles. The van der Waals surface area contributed by atoms with Crippen LogP contribution in [0.4, 0.5) is 4.39 Å². The fraction of sp³-hybridized carbons (Fsp3) is 0.619. The van der Waals surface area contributed by atoms with E-state index in [-0.39, 0.29) is 29.9 Å². The minimum atomic E-state index is -0.761. The summed E-state index contributed by atoms with van der Waals surface area (Å²) < 4.78 is 13.8. The molecule has 1 saturated carbocycles. The topological polar surface area (TPSA) is 78.4 Å². The fourth-order valence-corrected chi connectivity index (χ4v) is 3.69. The summed E-state index contributed by atoms with van der Waals surface area (Å²) >= 11 is 0. The van der Waals surface area contributed by atoms with Crippen LogP contribution in [0.15, 0.2) is 24.3 Å². The summed E-state index contributed by atoms with van der Waals surface area (Å²) in [6, 6.07) is 4.94. The Morgan fingerprint density at radius 3 is 2.48 bits per heavy atom. The van der Waals surface area contributed by atoms with Gasteiger partial charge in [-0.3, -0.25) is 9.59 Å². The number of aliphatic hydroxyl groups excluding tert-OH is 1.